The Labute approximate surface area is 92.4 Å². The average molecular weight is 210 g/mol. The maximum Gasteiger partial charge on any atom is 0.236 e. The molecule has 2 aromatic heterocycles. The van der Waals surface area contributed by atoms with Crippen LogP contribution in [-0.2, 0) is 0 Å². The third kappa shape index (κ3) is 1.32. The first-order chi connectivity index (χ1) is 7.84. The van der Waals surface area contributed by atoms with E-state index in [0.29, 0.717) is 11.8 Å². The first kappa shape index (κ1) is 8.91. The summed E-state index contributed by atoms with van der Waals surface area (Å²) in [6.07, 6.45) is 3.78. The topological polar surface area (TPSA) is 56.7 Å². The van der Waals surface area contributed by atoms with Crippen LogP contribution < -0.4 is 5.73 Å². The number of benzene rings is 1. The third-order valence-corrected chi connectivity index (χ3v) is 2.46. The number of para-hydroxylation sites is 1. The van der Waals surface area contributed by atoms with Gasteiger partial charge in [-0.1, -0.05) is 12.1 Å². The van der Waals surface area contributed by atoms with Gasteiger partial charge in [0.2, 0.25) is 5.95 Å². The summed E-state index contributed by atoms with van der Waals surface area (Å²) < 4.78 is 1.84. The second-order valence-corrected chi connectivity index (χ2v) is 3.52. The van der Waals surface area contributed by atoms with Gasteiger partial charge in [-0.25, -0.2) is 4.98 Å². The third-order valence-electron chi connectivity index (χ3n) is 2.46. The summed E-state index contributed by atoms with van der Waals surface area (Å²) >= 11 is 0. The molecule has 0 atom stereocenters. The van der Waals surface area contributed by atoms with E-state index in [9.17, 15) is 0 Å². The summed E-state index contributed by atoms with van der Waals surface area (Å²) in [5.74, 6) is 1.11. The molecule has 3 rings (SSSR count). The van der Waals surface area contributed by atoms with Crippen LogP contribution in [0.3, 0.4) is 0 Å². The lowest BCUT2D eigenvalue weighted by atomic mass is 10.2. The van der Waals surface area contributed by atoms with E-state index < -0.39 is 0 Å². The Morgan fingerprint density at radius 1 is 0.938 bits per heavy atom. The predicted molar refractivity (Wildman–Crippen MR) is 63.3 cm³/mol. The van der Waals surface area contributed by atoms with Crippen molar-refractivity contribution in [3.05, 3.63) is 48.8 Å². The van der Waals surface area contributed by atoms with Crippen LogP contribution in [0.25, 0.3) is 16.9 Å². The fraction of sp³-hybridized carbons (Fsp3) is 0. The Morgan fingerprint density at radius 3 is 2.50 bits per heavy atom. The van der Waals surface area contributed by atoms with Crippen molar-refractivity contribution in [1.82, 2.24) is 14.5 Å². The molecule has 1 aromatic carbocycles. The maximum absolute atomic E-state index is 5.90. The molecular weight excluding hydrogens is 200 g/mol. The van der Waals surface area contributed by atoms with Gasteiger partial charge < -0.3 is 5.73 Å². The zero-order valence-electron chi connectivity index (χ0n) is 8.54. The number of fused-ring (bicyclic) bond motifs is 1. The molecule has 0 aliphatic carbocycles. The van der Waals surface area contributed by atoms with Crippen molar-refractivity contribution in [2.24, 2.45) is 0 Å². The predicted octanol–water partition coefficient (Wildman–Crippen LogP) is 2.00. The van der Waals surface area contributed by atoms with Crippen LogP contribution in [0.4, 0.5) is 5.82 Å². The summed E-state index contributed by atoms with van der Waals surface area (Å²) in [4.78, 5) is 8.72. The summed E-state index contributed by atoms with van der Waals surface area (Å²) in [5.41, 5.74) is 6.76. The van der Waals surface area contributed by atoms with Crippen LogP contribution >= 0.6 is 0 Å². The van der Waals surface area contributed by atoms with Gasteiger partial charge in [0.1, 0.15) is 5.82 Å². The van der Waals surface area contributed by atoms with E-state index in [4.69, 9.17) is 5.73 Å². The highest BCUT2D eigenvalue weighted by molar-refractivity contribution is 5.88. The van der Waals surface area contributed by atoms with Gasteiger partial charge in [-0.3, -0.25) is 4.57 Å². The van der Waals surface area contributed by atoms with Crippen molar-refractivity contribution < 1.29 is 0 Å². The molecule has 0 aliphatic heterocycles. The van der Waals surface area contributed by atoms with Crippen molar-refractivity contribution in [1.29, 1.82) is 0 Å². The largest absolute Gasteiger partial charge is 0.383 e. The molecule has 0 radical (unpaired) electrons. The lowest BCUT2D eigenvalue weighted by Gasteiger charge is -2.05. The lowest BCUT2D eigenvalue weighted by molar-refractivity contribution is 0.956. The van der Waals surface area contributed by atoms with E-state index in [1.165, 1.54) is 0 Å². The van der Waals surface area contributed by atoms with Gasteiger partial charge in [0.25, 0.3) is 0 Å². The molecule has 0 bridgehead atoms. The Morgan fingerprint density at radius 2 is 1.69 bits per heavy atom. The van der Waals surface area contributed by atoms with Crippen LogP contribution in [0.2, 0.25) is 0 Å². The number of anilines is 1. The summed E-state index contributed by atoms with van der Waals surface area (Å²) in [7, 11) is 0. The van der Waals surface area contributed by atoms with Crippen LogP contribution in [0, 0.1) is 0 Å². The Kier molecular flexibility index (Phi) is 1.86. The van der Waals surface area contributed by atoms with Gasteiger partial charge in [-0.15, -0.1) is 0 Å². The van der Waals surface area contributed by atoms with E-state index in [0.717, 1.165) is 10.9 Å². The quantitative estimate of drug-likeness (QED) is 0.668. The Bertz CT molecular complexity index is 629. The molecule has 0 saturated carbocycles. The van der Waals surface area contributed by atoms with E-state index in [1.54, 1.807) is 0 Å². The monoisotopic (exact) mass is 210 g/mol. The molecule has 78 valence electrons. The molecule has 0 saturated heterocycles. The molecule has 4 heteroatoms. The summed E-state index contributed by atoms with van der Waals surface area (Å²) in [6, 6.07) is 11.6. The van der Waals surface area contributed by atoms with Crippen molar-refractivity contribution >= 4 is 16.7 Å². The van der Waals surface area contributed by atoms with Gasteiger partial charge in [0.15, 0.2) is 0 Å². The maximum atomic E-state index is 5.90. The van der Waals surface area contributed by atoms with Gasteiger partial charge in [0, 0.05) is 17.8 Å². The van der Waals surface area contributed by atoms with Crippen LogP contribution in [0.1, 0.15) is 0 Å². The number of nitrogen functional groups attached to an aromatic ring is 1. The molecule has 0 amide bonds. The van der Waals surface area contributed by atoms with Crippen molar-refractivity contribution in [2.45, 2.75) is 0 Å². The van der Waals surface area contributed by atoms with Gasteiger partial charge in [-0.05, 0) is 24.3 Å². The minimum atomic E-state index is 0.509. The Hall–Kier alpha value is -2.36. The highest BCUT2D eigenvalue weighted by Crippen LogP contribution is 2.18. The number of hydrogen-bond acceptors (Lipinski definition) is 3. The smallest absolute Gasteiger partial charge is 0.236 e. The molecule has 2 heterocycles. The first-order valence-corrected chi connectivity index (χ1v) is 5.00. The number of aromatic nitrogens is 3. The van der Waals surface area contributed by atoms with Gasteiger partial charge in [0.05, 0.1) is 5.52 Å². The molecule has 16 heavy (non-hydrogen) atoms. The van der Waals surface area contributed by atoms with Gasteiger partial charge in [-0.2, -0.15) is 4.98 Å². The van der Waals surface area contributed by atoms with Crippen molar-refractivity contribution in [3.8, 4) is 5.95 Å². The standard InChI is InChI=1S/C12H10N4/c13-11-9-5-1-2-6-10(9)14-12(15-11)16-7-3-4-8-16/h1-8H,(H2,13,14,15). The minimum absolute atomic E-state index is 0.509. The molecule has 2 N–H and O–H groups in total. The van der Waals surface area contributed by atoms with E-state index in [1.807, 2.05) is 53.4 Å². The number of hydrogen-bond donors (Lipinski definition) is 1. The van der Waals surface area contributed by atoms with Crippen LogP contribution in [-0.4, -0.2) is 14.5 Å². The molecular formula is C12H10N4. The highest BCUT2D eigenvalue weighted by Gasteiger charge is 2.04. The highest BCUT2D eigenvalue weighted by atomic mass is 15.1. The van der Waals surface area contributed by atoms with E-state index in [-0.39, 0.29) is 0 Å². The number of nitrogens with zero attached hydrogens (tertiary/aromatic N) is 3. The second kappa shape index (κ2) is 3.34. The zero-order valence-corrected chi connectivity index (χ0v) is 8.54. The van der Waals surface area contributed by atoms with Gasteiger partial charge >= 0.3 is 0 Å². The molecule has 3 aromatic rings. The number of rotatable bonds is 1. The van der Waals surface area contributed by atoms with Crippen molar-refractivity contribution in [3.63, 3.8) is 0 Å². The first-order valence-electron chi connectivity index (χ1n) is 5.00. The fourth-order valence-corrected chi connectivity index (χ4v) is 1.67. The molecule has 4 nitrogen and oxygen atoms in total. The average Bonchev–Trinajstić information content (AvgIpc) is 2.82. The molecule has 0 aliphatic rings. The van der Waals surface area contributed by atoms with Crippen LogP contribution in [0.15, 0.2) is 48.8 Å². The fourth-order valence-electron chi connectivity index (χ4n) is 1.67. The molecule has 0 fully saturated rings. The summed E-state index contributed by atoms with van der Waals surface area (Å²) in [5, 5.41) is 0.887. The van der Waals surface area contributed by atoms with E-state index in [2.05, 4.69) is 9.97 Å². The normalized spacial score (nSPS) is 10.8. The number of nitrogens with two attached hydrogens (primary N) is 1. The lowest BCUT2D eigenvalue weighted by Crippen LogP contribution is -2.02. The van der Waals surface area contributed by atoms with Crippen LogP contribution in [0.5, 0.6) is 0 Å². The SMILES string of the molecule is Nc1nc(-n2cccc2)nc2ccccc12. The second-order valence-electron chi connectivity index (χ2n) is 3.52. The molecule has 0 spiro atoms. The Balaban J connectivity index is 2.29. The molecule has 0 unspecified atom stereocenters. The zero-order chi connectivity index (χ0) is 11.0. The minimum Gasteiger partial charge on any atom is -0.383 e. The summed E-state index contributed by atoms with van der Waals surface area (Å²) in [6.45, 7) is 0. The van der Waals surface area contributed by atoms with Crippen molar-refractivity contribution in [2.75, 3.05) is 5.73 Å². The van der Waals surface area contributed by atoms with E-state index >= 15 is 0 Å².